The molecule has 1 atom stereocenters. The number of aryl methyl sites for hydroxylation is 1. The lowest BCUT2D eigenvalue weighted by atomic mass is 10.1. The minimum atomic E-state index is -0.517. The number of benzene rings is 1. The van der Waals surface area contributed by atoms with Crippen LogP contribution in [0.25, 0.3) is 0 Å². The van der Waals surface area contributed by atoms with Crippen molar-refractivity contribution >= 4 is 11.8 Å². The number of rotatable bonds is 3. The second-order valence-electron chi connectivity index (χ2n) is 4.24. The van der Waals surface area contributed by atoms with Gasteiger partial charge in [-0.3, -0.25) is 9.59 Å². The van der Waals surface area contributed by atoms with Gasteiger partial charge in [0, 0.05) is 19.7 Å². The number of likely N-dealkylation sites (N-methyl/N-ethyl adjacent to an activating group) is 1. The first kappa shape index (κ1) is 13.2. The third-order valence-electron chi connectivity index (χ3n) is 2.55. The van der Waals surface area contributed by atoms with Crippen molar-refractivity contribution in [1.29, 1.82) is 0 Å². The van der Waals surface area contributed by atoms with Crippen LogP contribution in [0.3, 0.4) is 0 Å². The van der Waals surface area contributed by atoms with Crippen molar-refractivity contribution in [1.82, 2.24) is 10.2 Å². The van der Waals surface area contributed by atoms with Gasteiger partial charge in [-0.15, -0.1) is 0 Å². The highest BCUT2D eigenvalue weighted by Crippen LogP contribution is 2.07. The SMILES string of the molecule is Cc1ccccc1C(=O)NC(C)C(=O)N(C)C. The van der Waals surface area contributed by atoms with Crippen LogP contribution in [-0.4, -0.2) is 36.9 Å². The monoisotopic (exact) mass is 234 g/mol. The summed E-state index contributed by atoms with van der Waals surface area (Å²) in [6, 6.07) is 6.78. The predicted octanol–water partition coefficient (Wildman–Crippen LogP) is 1.20. The normalized spacial score (nSPS) is 11.8. The molecule has 0 saturated heterocycles. The van der Waals surface area contributed by atoms with Crippen molar-refractivity contribution in [2.45, 2.75) is 19.9 Å². The molecule has 0 radical (unpaired) electrons. The summed E-state index contributed by atoms with van der Waals surface area (Å²) in [6.45, 7) is 3.55. The molecule has 0 spiro atoms. The Hall–Kier alpha value is -1.84. The van der Waals surface area contributed by atoms with E-state index in [9.17, 15) is 9.59 Å². The summed E-state index contributed by atoms with van der Waals surface area (Å²) >= 11 is 0. The van der Waals surface area contributed by atoms with Crippen LogP contribution < -0.4 is 5.32 Å². The molecule has 1 N–H and O–H groups in total. The molecule has 0 aliphatic carbocycles. The number of nitrogens with zero attached hydrogens (tertiary/aromatic N) is 1. The highest BCUT2D eigenvalue weighted by Gasteiger charge is 2.18. The van der Waals surface area contributed by atoms with Gasteiger partial charge in [0.1, 0.15) is 6.04 Å². The van der Waals surface area contributed by atoms with Crippen LogP contribution in [-0.2, 0) is 4.79 Å². The van der Waals surface area contributed by atoms with Gasteiger partial charge in [-0.05, 0) is 25.5 Å². The average molecular weight is 234 g/mol. The molecule has 1 rings (SSSR count). The third-order valence-corrected chi connectivity index (χ3v) is 2.55. The van der Waals surface area contributed by atoms with Gasteiger partial charge in [0.25, 0.3) is 5.91 Å². The van der Waals surface area contributed by atoms with Crippen molar-refractivity contribution in [2.75, 3.05) is 14.1 Å². The van der Waals surface area contributed by atoms with Crippen LogP contribution in [0.15, 0.2) is 24.3 Å². The average Bonchev–Trinajstić information content (AvgIpc) is 2.28. The number of carbonyl (C=O) groups is 2. The molecular formula is C13H18N2O2. The molecule has 1 aromatic rings. The molecule has 0 aromatic heterocycles. The molecule has 0 fully saturated rings. The first-order valence-electron chi connectivity index (χ1n) is 5.51. The van der Waals surface area contributed by atoms with Gasteiger partial charge in [0.15, 0.2) is 0 Å². The molecule has 1 aromatic carbocycles. The van der Waals surface area contributed by atoms with E-state index in [4.69, 9.17) is 0 Å². The lowest BCUT2D eigenvalue weighted by molar-refractivity contribution is -0.130. The Balaban J connectivity index is 2.74. The van der Waals surface area contributed by atoms with Gasteiger partial charge >= 0.3 is 0 Å². The number of amides is 2. The molecule has 92 valence electrons. The van der Waals surface area contributed by atoms with Gasteiger partial charge in [-0.1, -0.05) is 18.2 Å². The Morgan fingerprint density at radius 1 is 1.24 bits per heavy atom. The zero-order valence-electron chi connectivity index (χ0n) is 10.7. The Morgan fingerprint density at radius 3 is 2.35 bits per heavy atom. The lowest BCUT2D eigenvalue weighted by Gasteiger charge is -2.18. The molecule has 2 amide bonds. The molecule has 1 unspecified atom stereocenters. The molecule has 0 saturated carbocycles. The maximum absolute atomic E-state index is 11.9. The Labute approximate surface area is 102 Å². The lowest BCUT2D eigenvalue weighted by Crippen LogP contribution is -2.44. The highest BCUT2D eigenvalue weighted by atomic mass is 16.2. The van der Waals surface area contributed by atoms with E-state index < -0.39 is 6.04 Å². The zero-order valence-corrected chi connectivity index (χ0v) is 10.7. The fourth-order valence-corrected chi connectivity index (χ4v) is 1.55. The topological polar surface area (TPSA) is 49.4 Å². The summed E-state index contributed by atoms with van der Waals surface area (Å²) in [6.07, 6.45) is 0. The molecule has 4 nitrogen and oxygen atoms in total. The van der Waals surface area contributed by atoms with Crippen LogP contribution in [0.2, 0.25) is 0 Å². The molecule has 0 aliphatic heterocycles. The van der Waals surface area contributed by atoms with Crippen LogP contribution in [0, 0.1) is 6.92 Å². The first-order chi connectivity index (χ1) is 7.93. The third kappa shape index (κ3) is 3.31. The second-order valence-corrected chi connectivity index (χ2v) is 4.24. The number of hydrogen-bond donors (Lipinski definition) is 1. The van der Waals surface area contributed by atoms with Gasteiger partial charge in [-0.25, -0.2) is 0 Å². The molecule has 0 bridgehead atoms. The van der Waals surface area contributed by atoms with E-state index >= 15 is 0 Å². The van der Waals surface area contributed by atoms with Crippen LogP contribution in [0.5, 0.6) is 0 Å². The Bertz CT molecular complexity index is 427. The van der Waals surface area contributed by atoms with Crippen molar-refractivity contribution in [3.8, 4) is 0 Å². The maximum Gasteiger partial charge on any atom is 0.252 e. The quantitative estimate of drug-likeness (QED) is 0.854. The molecule has 17 heavy (non-hydrogen) atoms. The van der Waals surface area contributed by atoms with E-state index in [1.807, 2.05) is 19.1 Å². The smallest absolute Gasteiger partial charge is 0.252 e. The van der Waals surface area contributed by atoms with Gasteiger partial charge < -0.3 is 10.2 Å². The predicted molar refractivity (Wildman–Crippen MR) is 66.8 cm³/mol. The fraction of sp³-hybridized carbons (Fsp3) is 0.385. The first-order valence-corrected chi connectivity index (χ1v) is 5.51. The van der Waals surface area contributed by atoms with E-state index in [0.29, 0.717) is 5.56 Å². The summed E-state index contributed by atoms with van der Waals surface area (Å²) in [7, 11) is 3.33. The van der Waals surface area contributed by atoms with Crippen molar-refractivity contribution in [3.05, 3.63) is 35.4 Å². The number of hydrogen-bond acceptors (Lipinski definition) is 2. The van der Waals surface area contributed by atoms with Gasteiger partial charge in [0.2, 0.25) is 5.91 Å². The zero-order chi connectivity index (χ0) is 13.0. The van der Waals surface area contributed by atoms with Crippen molar-refractivity contribution in [2.24, 2.45) is 0 Å². The van der Waals surface area contributed by atoms with Gasteiger partial charge in [-0.2, -0.15) is 0 Å². The molecule has 0 aliphatic rings. The Morgan fingerprint density at radius 2 is 1.82 bits per heavy atom. The van der Waals surface area contributed by atoms with E-state index in [0.717, 1.165) is 5.56 Å². The highest BCUT2D eigenvalue weighted by molar-refractivity contribution is 5.98. The summed E-state index contributed by atoms with van der Waals surface area (Å²) in [5.41, 5.74) is 1.50. The standard InChI is InChI=1S/C13H18N2O2/c1-9-7-5-6-8-11(9)12(16)14-10(2)13(17)15(3)4/h5-8,10H,1-4H3,(H,14,16). The summed E-state index contributed by atoms with van der Waals surface area (Å²) < 4.78 is 0. The van der Waals surface area contributed by atoms with E-state index in [2.05, 4.69) is 5.32 Å². The summed E-state index contributed by atoms with van der Waals surface area (Å²) in [5.74, 6) is -0.335. The minimum absolute atomic E-state index is 0.119. The maximum atomic E-state index is 11.9. The van der Waals surface area contributed by atoms with Crippen molar-refractivity contribution in [3.63, 3.8) is 0 Å². The minimum Gasteiger partial charge on any atom is -0.347 e. The van der Waals surface area contributed by atoms with E-state index in [-0.39, 0.29) is 11.8 Å². The molecule has 0 heterocycles. The molecule has 4 heteroatoms. The van der Waals surface area contributed by atoms with Crippen LogP contribution in [0.4, 0.5) is 0 Å². The summed E-state index contributed by atoms with van der Waals surface area (Å²) in [5, 5.41) is 2.69. The molecular weight excluding hydrogens is 216 g/mol. The van der Waals surface area contributed by atoms with E-state index in [1.165, 1.54) is 4.90 Å². The second kappa shape index (κ2) is 5.48. The Kier molecular flexibility index (Phi) is 4.26. The van der Waals surface area contributed by atoms with Crippen LogP contribution in [0.1, 0.15) is 22.8 Å². The van der Waals surface area contributed by atoms with Crippen LogP contribution >= 0.6 is 0 Å². The summed E-state index contributed by atoms with van der Waals surface area (Å²) in [4.78, 5) is 25.0. The fourth-order valence-electron chi connectivity index (χ4n) is 1.55. The van der Waals surface area contributed by atoms with Crippen molar-refractivity contribution < 1.29 is 9.59 Å². The number of carbonyl (C=O) groups excluding carboxylic acids is 2. The van der Waals surface area contributed by atoms with E-state index in [1.54, 1.807) is 33.2 Å². The van der Waals surface area contributed by atoms with Gasteiger partial charge in [0.05, 0.1) is 0 Å². The largest absolute Gasteiger partial charge is 0.347 e. The number of nitrogens with one attached hydrogen (secondary N) is 1.